The number of benzene rings is 1. The molecule has 0 bridgehead atoms. The Morgan fingerprint density at radius 3 is 2.59 bits per heavy atom. The number of carbonyl (C=O) groups excluding carboxylic acids is 3. The van der Waals surface area contributed by atoms with Crippen molar-refractivity contribution in [1.29, 1.82) is 0 Å². The second kappa shape index (κ2) is 8.24. The Morgan fingerprint density at radius 2 is 1.93 bits per heavy atom. The van der Waals surface area contributed by atoms with Gasteiger partial charge in [-0.15, -0.1) is 11.3 Å². The Balaban J connectivity index is 1.36. The van der Waals surface area contributed by atoms with Crippen LogP contribution in [-0.4, -0.2) is 34.2 Å². The molecule has 1 saturated carbocycles. The van der Waals surface area contributed by atoms with Gasteiger partial charge in [-0.1, -0.05) is 36.6 Å². The summed E-state index contributed by atoms with van der Waals surface area (Å²) in [7, 11) is 0. The number of aromatic nitrogens is 1. The number of thiazole rings is 1. The van der Waals surface area contributed by atoms with E-state index in [-0.39, 0.29) is 30.2 Å². The number of rotatable bonds is 5. The number of carbonyl (C=O) groups is 3. The van der Waals surface area contributed by atoms with Crippen LogP contribution >= 0.6 is 22.9 Å². The first-order chi connectivity index (χ1) is 13.9. The molecule has 1 aliphatic carbocycles. The quantitative estimate of drug-likeness (QED) is 0.730. The molecule has 1 N–H and O–H groups in total. The molecule has 1 aliphatic heterocycles. The molecule has 2 unspecified atom stereocenters. The van der Waals surface area contributed by atoms with Gasteiger partial charge in [-0.2, -0.15) is 0 Å². The minimum absolute atomic E-state index is 0.203. The van der Waals surface area contributed by atoms with Gasteiger partial charge in [-0.3, -0.25) is 19.3 Å². The highest BCUT2D eigenvalue weighted by atomic mass is 35.5. The average molecular weight is 432 g/mol. The fourth-order valence-electron chi connectivity index (χ4n) is 4.08. The van der Waals surface area contributed by atoms with Crippen LogP contribution in [0.2, 0.25) is 5.02 Å². The highest BCUT2D eigenvalue weighted by Crippen LogP contribution is 2.37. The van der Waals surface area contributed by atoms with Gasteiger partial charge in [0.1, 0.15) is 6.54 Å². The lowest BCUT2D eigenvalue weighted by molar-refractivity contribution is -0.142. The summed E-state index contributed by atoms with van der Waals surface area (Å²) in [6.45, 7) is 1.71. The zero-order valence-corrected chi connectivity index (χ0v) is 17.7. The van der Waals surface area contributed by atoms with Crippen molar-refractivity contribution < 1.29 is 14.4 Å². The first-order valence-corrected chi connectivity index (χ1v) is 11.0. The minimum atomic E-state index is -0.398. The molecule has 1 aromatic carbocycles. The molecule has 1 aromatic heterocycles. The second-order valence-electron chi connectivity index (χ2n) is 7.70. The van der Waals surface area contributed by atoms with Crippen molar-refractivity contribution in [2.24, 2.45) is 11.8 Å². The fourth-order valence-corrected chi connectivity index (χ4v) is 5.15. The van der Waals surface area contributed by atoms with Gasteiger partial charge in [0.05, 0.1) is 11.8 Å². The van der Waals surface area contributed by atoms with Gasteiger partial charge >= 0.3 is 0 Å². The molecule has 4 rings (SSSR count). The van der Waals surface area contributed by atoms with Crippen LogP contribution in [0.1, 0.15) is 41.7 Å². The first-order valence-electron chi connectivity index (χ1n) is 9.77. The van der Waals surface area contributed by atoms with Crippen LogP contribution in [0, 0.1) is 18.8 Å². The molecule has 2 fully saturated rings. The maximum Gasteiger partial charge on any atom is 0.246 e. The van der Waals surface area contributed by atoms with E-state index in [0.29, 0.717) is 11.6 Å². The lowest BCUT2D eigenvalue weighted by Crippen LogP contribution is -2.38. The summed E-state index contributed by atoms with van der Waals surface area (Å²) in [5.41, 5.74) is 2.09. The van der Waals surface area contributed by atoms with E-state index in [2.05, 4.69) is 10.3 Å². The SMILES string of the molecule is Cc1ccc(Cc2cnc(NC(=O)CN3C(=O)C4CCCCC4C3=O)s2)cc1Cl. The average Bonchev–Trinajstić information content (AvgIpc) is 3.23. The van der Waals surface area contributed by atoms with E-state index in [4.69, 9.17) is 11.6 Å². The Morgan fingerprint density at radius 1 is 1.24 bits per heavy atom. The number of anilines is 1. The highest BCUT2D eigenvalue weighted by molar-refractivity contribution is 7.15. The predicted octanol–water partition coefficient (Wildman–Crippen LogP) is 3.81. The number of fused-ring (bicyclic) bond motifs is 1. The third-order valence-electron chi connectivity index (χ3n) is 5.65. The van der Waals surface area contributed by atoms with E-state index in [0.717, 1.165) is 51.6 Å². The van der Waals surface area contributed by atoms with Crippen LogP contribution in [0.25, 0.3) is 0 Å². The number of aryl methyl sites for hydroxylation is 1. The van der Waals surface area contributed by atoms with Gasteiger partial charge in [-0.05, 0) is 37.0 Å². The number of nitrogens with zero attached hydrogens (tertiary/aromatic N) is 2. The topological polar surface area (TPSA) is 79.4 Å². The maximum atomic E-state index is 12.5. The third kappa shape index (κ3) is 4.21. The summed E-state index contributed by atoms with van der Waals surface area (Å²) in [5, 5.41) is 3.90. The lowest BCUT2D eigenvalue weighted by atomic mass is 9.81. The van der Waals surface area contributed by atoms with Crippen LogP contribution in [0.5, 0.6) is 0 Å². The van der Waals surface area contributed by atoms with E-state index in [1.807, 2.05) is 25.1 Å². The van der Waals surface area contributed by atoms with E-state index < -0.39 is 5.91 Å². The van der Waals surface area contributed by atoms with E-state index in [1.165, 1.54) is 11.3 Å². The standard InChI is InChI=1S/C21H22ClN3O3S/c1-12-6-7-13(9-17(12)22)8-14-10-23-21(29-14)24-18(26)11-25-19(27)15-4-2-3-5-16(15)20(25)28/h6-7,9-10,15-16H,2-5,8,11H2,1H3,(H,23,24,26). The smallest absolute Gasteiger partial charge is 0.246 e. The number of amides is 3. The Kier molecular flexibility index (Phi) is 5.69. The molecule has 8 heteroatoms. The number of imide groups is 1. The molecule has 2 aliphatic rings. The zero-order valence-electron chi connectivity index (χ0n) is 16.1. The summed E-state index contributed by atoms with van der Waals surface area (Å²) in [6, 6.07) is 5.92. The van der Waals surface area contributed by atoms with Gasteiger partial charge in [0.15, 0.2) is 5.13 Å². The van der Waals surface area contributed by atoms with Crippen molar-refractivity contribution in [2.45, 2.75) is 39.0 Å². The third-order valence-corrected chi connectivity index (χ3v) is 6.97. The van der Waals surface area contributed by atoms with Crippen molar-refractivity contribution >= 4 is 45.8 Å². The normalized spacial score (nSPS) is 21.4. The van der Waals surface area contributed by atoms with Crippen LogP contribution in [0.3, 0.4) is 0 Å². The molecule has 1 saturated heterocycles. The van der Waals surface area contributed by atoms with Crippen LogP contribution in [-0.2, 0) is 20.8 Å². The number of hydrogen-bond acceptors (Lipinski definition) is 5. The van der Waals surface area contributed by atoms with Gasteiger partial charge in [0.2, 0.25) is 17.7 Å². The lowest BCUT2D eigenvalue weighted by Gasteiger charge is -2.19. The molecule has 2 atom stereocenters. The van der Waals surface area contributed by atoms with E-state index in [1.54, 1.807) is 6.20 Å². The Hall–Kier alpha value is -2.25. The summed E-state index contributed by atoms with van der Waals surface area (Å²) in [6.07, 6.45) is 5.80. The molecular formula is C21H22ClN3O3S. The molecular weight excluding hydrogens is 410 g/mol. The van der Waals surface area contributed by atoms with Crippen LogP contribution < -0.4 is 5.32 Å². The van der Waals surface area contributed by atoms with E-state index >= 15 is 0 Å². The summed E-state index contributed by atoms with van der Waals surface area (Å²) in [5.74, 6) is -1.28. The first kappa shape index (κ1) is 20.0. The molecule has 152 valence electrons. The summed E-state index contributed by atoms with van der Waals surface area (Å²) < 4.78 is 0. The number of halogens is 1. The molecule has 0 spiro atoms. The second-order valence-corrected chi connectivity index (χ2v) is 9.22. The van der Waals surface area contributed by atoms with Crippen LogP contribution in [0.15, 0.2) is 24.4 Å². The van der Waals surface area contributed by atoms with Gasteiger partial charge in [0.25, 0.3) is 0 Å². The summed E-state index contributed by atoms with van der Waals surface area (Å²) in [4.78, 5) is 43.8. The van der Waals surface area contributed by atoms with Crippen molar-refractivity contribution in [2.75, 3.05) is 11.9 Å². The molecule has 6 nitrogen and oxygen atoms in total. The zero-order chi connectivity index (χ0) is 20.5. The van der Waals surface area contributed by atoms with Crippen molar-refractivity contribution in [3.8, 4) is 0 Å². The van der Waals surface area contributed by atoms with Gasteiger partial charge in [-0.25, -0.2) is 4.98 Å². The van der Waals surface area contributed by atoms with Crippen molar-refractivity contribution in [3.63, 3.8) is 0 Å². The van der Waals surface area contributed by atoms with E-state index in [9.17, 15) is 14.4 Å². The molecule has 29 heavy (non-hydrogen) atoms. The maximum absolute atomic E-state index is 12.5. The minimum Gasteiger partial charge on any atom is -0.300 e. The molecule has 2 aromatic rings. The van der Waals surface area contributed by atoms with Gasteiger partial charge < -0.3 is 5.32 Å². The highest BCUT2D eigenvalue weighted by Gasteiger charge is 2.48. The molecule has 0 radical (unpaired) electrons. The Bertz CT molecular complexity index is 950. The van der Waals surface area contributed by atoms with Crippen molar-refractivity contribution in [1.82, 2.24) is 9.88 Å². The summed E-state index contributed by atoms with van der Waals surface area (Å²) >= 11 is 7.55. The number of likely N-dealkylation sites (tertiary alicyclic amines) is 1. The van der Waals surface area contributed by atoms with Crippen molar-refractivity contribution in [3.05, 3.63) is 45.4 Å². The molecule has 2 heterocycles. The van der Waals surface area contributed by atoms with Crippen LogP contribution in [0.4, 0.5) is 5.13 Å². The molecule has 3 amide bonds. The fraction of sp³-hybridized carbons (Fsp3) is 0.429. The predicted molar refractivity (Wildman–Crippen MR) is 112 cm³/mol. The van der Waals surface area contributed by atoms with Gasteiger partial charge in [0, 0.05) is 22.5 Å². The monoisotopic (exact) mass is 431 g/mol. The number of hydrogen-bond donors (Lipinski definition) is 1. The number of nitrogens with one attached hydrogen (secondary N) is 1. The Labute approximate surface area is 178 Å². The largest absolute Gasteiger partial charge is 0.300 e.